The third kappa shape index (κ3) is 3.81. The number of hydrogen-bond donors (Lipinski definition) is 0. The molecule has 0 aliphatic heterocycles. The molecule has 0 fully saturated rings. The molecule has 0 rings (SSSR count). The van der Waals surface area contributed by atoms with Gasteiger partial charge in [-0.3, -0.25) is 9.79 Å². The maximum atomic E-state index is 10.2. The first-order valence-electron chi connectivity index (χ1n) is 2.27. The molecule has 0 aliphatic carbocycles. The fraction of sp³-hybridized carbons (Fsp3) is 0.600. The van der Waals surface area contributed by atoms with Gasteiger partial charge in [-0.25, -0.2) is 0 Å². The van der Waals surface area contributed by atoms with E-state index in [4.69, 9.17) is 11.6 Å². The van der Waals surface area contributed by atoms with Gasteiger partial charge in [-0.1, -0.05) is 11.6 Å². The minimum absolute atomic E-state index is 0.0422. The molecule has 0 amide bonds. The van der Waals surface area contributed by atoms with Crippen LogP contribution in [-0.2, 0) is 4.79 Å². The van der Waals surface area contributed by atoms with E-state index in [1.165, 1.54) is 6.92 Å². The molecule has 0 atom stereocenters. The standard InChI is InChI=1S/C5H8ClNO/c1-4(8)3-5(6)7-2/h3H2,1-2H3. The van der Waals surface area contributed by atoms with Crippen LogP contribution in [0.25, 0.3) is 0 Å². The van der Waals surface area contributed by atoms with Crippen LogP contribution >= 0.6 is 11.6 Å². The molecule has 0 N–H and O–H groups in total. The van der Waals surface area contributed by atoms with Gasteiger partial charge in [-0.15, -0.1) is 0 Å². The summed E-state index contributed by atoms with van der Waals surface area (Å²) in [6.45, 7) is 1.48. The zero-order valence-electron chi connectivity index (χ0n) is 4.94. The third-order valence-corrected chi connectivity index (χ3v) is 0.940. The summed E-state index contributed by atoms with van der Waals surface area (Å²) in [5.74, 6) is 0.0422. The molecule has 0 bridgehead atoms. The Kier molecular flexibility index (Phi) is 3.44. The Morgan fingerprint density at radius 3 is 2.38 bits per heavy atom. The van der Waals surface area contributed by atoms with Crippen molar-refractivity contribution in [2.24, 2.45) is 4.99 Å². The van der Waals surface area contributed by atoms with Crippen LogP contribution in [-0.4, -0.2) is 18.0 Å². The molecule has 0 spiro atoms. The molecule has 8 heavy (non-hydrogen) atoms. The van der Waals surface area contributed by atoms with Gasteiger partial charge in [0.25, 0.3) is 0 Å². The highest BCUT2D eigenvalue weighted by Crippen LogP contribution is 1.91. The van der Waals surface area contributed by atoms with Crippen molar-refractivity contribution in [3.05, 3.63) is 0 Å². The van der Waals surface area contributed by atoms with Gasteiger partial charge in [-0.2, -0.15) is 0 Å². The van der Waals surface area contributed by atoms with Gasteiger partial charge in [0.15, 0.2) is 0 Å². The van der Waals surface area contributed by atoms with Gasteiger partial charge in [0.1, 0.15) is 11.0 Å². The second-order valence-corrected chi connectivity index (χ2v) is 1.91. The number of halogens is 1. The number of aliphatic imine (C=N–C) groups is 1. The lowest BCUT2D eigenvalue weighted by molar-refractivity contribution is -0.115. The first-order valence-corrected chi connectivity index (χ1v) is 2.65. The minimum atomic E-state index is 0.0422. The fourth-order valence-corrected chi connectivity index (χ4v) is 0.473. The first kappa shape index (κ1) is 7.63. The predicted octanol–water partition coefficient (Wildman–Crippen LogP) is 1.23. The van der Waals surface area contributed by atoms with E-state index in [0.29, 0.717) is 5.17 Å². The Labute approximate surface area is 53.6 Å². The fourth-order valence-electron chi connectivity index (χ4n) is 0.284. The van der Waals surface area contributed by atoms with Gasteiger partial charge < -0.3 is 0 Å². The lowest BCUT2D eigenvalue weighted by Gasteiger charge is -1.87. The van der Waals surface area contributed by atoms with Crippen LogP contribution in [0.2, 0.25) is 0 Å². The maximum Gasteiger partial charge on any atom is 0.136 e. The Morgan fingerprint density at radius 1 is 1.75 bits per heavy atom. The Balaban J connectivity index is 3.56. The Hall–Kier alpha value is -0.370. The van der Waals surface area contributed by atoms with Crippen molar-refractivity contribution in [2.75, 3.05) is 7.05 Å². The number of hydrogen-bond acceptors (Lipinski definition) is 2. The monoisotopic (exact) mass is 133 g/mol. The summed E-state index contributed by atoms with van der Waals surface area (Å²) in [7, 11) is 1.56. The van der Waals surface area contributed by atoms with Crippen LogP contribution in [0.4, 0.5) is 0 Å². The van der Waals surface area contributed by atoms with Crippen molar-refractivity contribution in [1.29, 1.82) is 0 Å². The van der Waals surface area contributed by atoms with Gasteiger partial charge in [0, 0.05) is 7.05 Å². The molecule has 0 unspecified atom stereocenters. The highest BCUT2D eigenvalue weighted by Gasteiger charge is 1.95. The number of Topliss-reactive ketones (excluding diaryl/α,β-unsaturated/α-hetero) is 1. The lowest BCUT2D eigenvalue weighted by atomic mass is 10.3. The van der Waals surface area contributed by atoms with E-state index >= 15 is 0 Å². The molecule has 0 aromatic carbocycles. The van der Waals surface area contributed by atoms with E-state index < -0.39 is 0 Å². The highest BCUT2D eigenvalue weighted by atomic mass is 35.5. The Bertz CT molecular complexity index is 120. The average Bonchev–Trinajstić information content (AvgIpc) is 1.65. The summed E-state index contributed by atoms with van der Waals surface area (Å²) in [6.07, 6.45) is 0.262. The third-order valence-electron chi connectivity index (χ3n) is 0.637. The zero-order valence-corrected chi connectivity index (χ0v) is 5.70. The number of nitrogens with zero attached hydrogens (tertiary/aromatic N) is 1. The number of carbonyl (C=O) groups is 1. The molecule has 46 valence electrons. The molecule has 0 aromatic rings. The highest BCUT2D eigenvalue weighted by molar-refractivity contribution is 6.66. The van der Waals surface area contributed by atoms with Crippen molar-refractivity contribution in [3.8, 4) is 0 Å². The van der Waals surface area contributed by atoms with Gasteiger partial charge >= 0.3 is 0 Å². The van der Waals surface area contributed by atoms with Crippen molar-refractivity contribution in [1.82, 2.24) is 0 Å². The maximum absolute atomic E-state index is 10.2. The van der Waals surface area contributed by atoms with Crippen molar-refractivity contribution in [2.45, 2.75) is 13.3 Å². The summed E-state index contributed by atoms with van der Waals surface area (Å²) in [4.78, 5) is 13.8. The molecular weight excluding hydrogens is 126 g/mol. The van der Waals surface area contributed by atoms with Gasteiger partial charge in [0.05, 0.1) is 6.42 Å². The second-order valence-electron chi connectivity index (χ2n) is 1.48. The summed E-state index contributed by atoms with van der Waals surface area (Å²) in [5, 5.41) is 0.373. The van der Waals surface area contributed by atoms with E-state index in [1.54, 1.807) is 7.05 Å². The largest absolute Gasteiger partial charge is 0.300 e. The van der Waals surface area contributed by atoms with Crippen molar-refractivity contribution < 1.29 is 4.79 Å². The number of carbonyl (C=O) groups excluding carboxylic acids is 1. The molecule has 2 nitrogen and oxygen atoms in total. The van der Waals surface area contributed by atoms with E-state index in [1.807, 2.05) is 0 Å². The molecule has 3 heteroatoms. The zero-order chi connectivity index (χ0) is 6.57. The minimum Gasteiger partial charge on any atom is -0.300 e. The number of rotatable bonds is 2. The van der Waals surface area contributed by atoms with Crippen LogP contribution in [0.15, 0.2) is 4.99 Å². The molecule has 0 aliphatic rings. The first-order chi connectivity index (χ1) is 3.66. The molecule has 0 radical (unpaired) electrons. The van der Waals surface area contributed by atoms with Crippen LogP contribution in [0.3, 0.4) is 0 Å². The van der Waals surface area contributed by atoms with Gasteiger partial charge in [-0.05, 0) is 6.92 Å². The summed E-state index contributed by atoms with van der Waals surface area (Å²) in [6, 6.07) is 0. The lowest BCUT2D eigenvalue weighted by Crippen LogP contribution is -1.96. The predicted molar refractivity (Wildman–Crippen MR) is 34.5 cm³/mol. The second kappa shape index (κ2) is 3.61. The molecule has 0 saturated carbocycles. The molecular formula is C5H8ClNO. The van der Waals surface area contributed by atoms with Crippen LogP contribution in [0.5, 0.6) is 0 Å². The van der Waals surface area contributed by atoms with E-state index in [-0.39, 0.29) is 12.2 Å². The summed E-state index contributed by atoms with van der Waals surface area (Å²) < 4.78 is 0. The molecule has 0 aromatic heterocycles. The number of ketones is 1. The quantitative estimate of drug-likeness (QED) is 0.521. The van der Waals surface area contributed by atoms with E-state index in [2.05, 4.69) is 4.99 Å². The van der Waals surface area contributed by atoms with Crippen LogP contribution in [0.1, 0.15) is 13.3 Å². The summed E-state index contributed by atoms with van der Waals surface area (Å²) >= 11 is 5.39. The van der Waals surface area contributed by atoms with Crippen LogP contribution in [0, 0.1) is 0 Å². The molecule has 0 heterocycles. The normalized spacial score (nSPS) is 11.6. The average molecular weight is 134 g/mol. The SMILES string of the molecule is CN=C(Cl)CC(C)=O. The van der Waals surface area contributed by atoms with E-state index in [9.17, 15) is 4.79 Å². The topological polar surface area (TPSA) is 29.4 Å². The van der Waals surface area contributed by atoms with Crippen molar-refractivity contribution >= 4 is 22.6 Å². The van der Waals surface area contributed by atoms with Gasteiger partial charge in [0.2, 0.25) is 0 Å². The van der Waals surface area contributed by atoms with E-state index in [0.717, 1.165) is 0 Å². The van der Waals surface area contributed by atoms with Crippen LogP contribution < -0.4 is 0 Å². The van der Waals surface area contributed by atoms with Crippen molar-refractivity contribution in [3.63, 3.8) is 0 Å². The Morgan fingerprint density at radius 2 is 2.25 bits per heavy atom. The molecule has 0 saturated heterocycles. The summed E-state index contributed by atoms with van der Waals surface area (Å²) in [5.41, 5.74) is 0. The smallest absolute Gasteiger partial charge is 0.136 e.